The molecule has 0 amide bonds. The van der Waals surface area contributed by atoms with Crippen LogP contribution in [0.3, 0.4) is 0 Å². The zero-order valence-electron chi connectivity index (χ0n) is 10.1. The third-order valence-corrected chi connectivity index (χ3v) is 5.12. The highest BCUT2D eigenvalue weighted by atomic mass is 79.9. The quantitative estimate of drug-likeness (QED) is 0.926. The Morgan fingerprint density at radius 2 is 1.79 bits per heavy atom. The number of hydrogen-bond donors (Lipinski definition) is 1. The van der Waals surface area contributed by atoms with Crippen molar-refractivity contribution >= 4 is 26.7 Å². The molecule has 19 heavy (non-hydrogen) atoms. The molecule has 100 valence electrons. The van der Waals surface area contributed by atoms with Crippen LogP contribution in [0.4, 0.5) is 4.39 Å². The van der Waals surface area contributed by atoms with E-state index in [1.54, 1.807) is 24.3 Å². The van der Waals surface area contributed by atoms with Gasteiger partial charge in [-0.05, 0) is 28.1 Å². The van der Waals surface area contributed by atoms with E-state index in [0.717, 1.165) is 4.47 Å². The first-order chi connectivity index (χ1) is 9.13. The van der Waals surface area contributed by atoms with Crippen molar-refractivity contribution < 1.29 is 8.60 Å². The van der Waals surface area contributed by atoms with Gasteiger partial charge in [0.05, 0.1) is 21.4 Å². The molecule has 2 aromatic carbocycles. The van der Waals surface area contributed by atoms with Gasteiger partial charge in [-0.3, -0.25) is 4.21 Å². The molecule has 0 aromatic heterocycles. The van der Waals surface area contributed by atoms with E-state index in [4.69, 9.17) is 5.73 Å². The maximum absolute atomic E-state index is 14.0. The summed E-state index contributed by atoms with van der Waals surface area (Å²) in [6, 6.07) is 12.3. The number of halogens is 2. The summed E-state index contributed by atoms with van der Waals surface area (Å²) >= 11 is 3.35. The molecule has 2 aromatic rings. The van der Waals surface area contributed by atoms with Crippen LogP contribution < -0.4 is 5.73 Å². The molecule has 0 aliphatic heterocycles. The molecule has 0 saturated carbocycles. The van der Waals surface area contributed by atoms with Crippen LogP contribution in [0.15, 0.2) is 51.8 Å². The highest BCUT2D eigenvalue weighted by molar-refractivity contribution is 9.10. The maximum atomic E-state index is 14.0. The van der Waals surface area contributed by atoms with Crippen molar-refractivity contribution in [2.24, 2.45) is 5.73 Å². The standard InChI is InChI=1S/C14H13BrFNOS/c15-12-6-1-2-7-13(12)19(18)9-11-5-3-4-10(8-17)14(11)16/h1-7H,8-9,17H2. The van der Waals surface area contributed by atoms with E-state index in [9.17, 15) is 8.60 Å². The van der Waals surface area contributed by atoms with E-state index in [1.165, 1.54) is 0 Å². The van der Waals surface area contributed by atoms with Gasteiger partial charge in [-0.2, -0.15) is 0 Å². The van der Waals surface area contributed by atoms with Crippen molar-refractivity contribution in [3.8, 4) is 0 Å². The Bertz CT molecular complexity index is 618. The number of hydrogen-bond acceptors (Lipinski definition) is 2. The highest BCUT2D eigenvalue weighted by Gasteiger charge is 2.13. The fraction of sp³-hybridized carbons (Fsp3) is 0.143. The molecule has 5 heteroatoms. The van der Waals surface area contributed by atoms with E-state index in [-0.39, 0.29) is 18.1 Å². The van der Waals surface area contributed by atoms with Crippen LogP contribution in [-0.2, 0) is 23.1 Å². The molecular weight excluding hydrogens is 329 g/mol. The van der Waals surface area contributed by atoms with E-state index < -0.39 is 10.8 Å². The van der Waals surface area contributed by atoms with Crippen molar-refractivity contribution in [1.29, 1.82) is 0 Å². The fourth-order valence-corrected chi connectivity index (χ4v) is 3.75. The molecular formula is C14H13BrFNOS. The van der Waals surface area contributed by atoms with Crippen molar-refractivity contribution in [2.75, 3.05) is 0 Å². The van der Waals surface area contributed by atoms with Crippen molar-refractivity contribution in [3.63, 3.8) is 0 Å². The first-order valence-corrected chi connectivity index (χ1v) is 7.84. The Hall–Kier alpha value is -1.04. The lowest BCUT2D eigenvalue weighted by Crippen LogP contribution is -2.05. The van der Waals surface area contributed by atoms with Crippen LogP contribution in [0, 0.1) is 5.82 Å². The Balaban J connectivity index is 2.27. The van der Waals surface area contributed by atoms with Gasteiger partial charge in [-0.25, -0.2) is 4.39 Å². The van der Waals surface area contributed by atoms with Gasteiger partial charge in [-0.1, -0.05) is 30.3 Å². The third-order valence-electron chi connectivity index (χ3n) is 2.75. The molecule has 0 radical (unpaired) electrons. The smallest absolute Gasteiger partial charge is 0.131 e. The molecule has 2 nitrogen and oxygen atoms in total. The minimum Gasteiger partial charge on any atom is -0.326 e. The van der Waals surface area contributed by atoms with E-state index in [2.05, 4.69) is 15.9 Å². The molecule has 1 unspecified atom stereocenters. The topological polar surface area (TPSA) is 43.1 Å². The van der Waals surface area contributed by atoms with Crippen LogP contribution in [0.1, 0.15) is 11.1 Å². The Labute approximate surface area is 122 Å². The SMILES string of the molecule is NCc1cccc(CS(=O)c2ccccc2Br)c1F. The zero-order valence-corrected chi connectivity index (χ0v) is 12.5. The summed E-state index contributed by atoms with van der Waals surface area (Å²) in [7, 11) is -1.29. The first kappa shape index (κ1) is 14.4. The molecule has 0 fully saturated rings. The Morgan fingerprint density at radius 3 is 2.47 bits per heavy atom. The molecule has 0 heterocycles. The van der Waals surface area contributed by atoms with E-state index >= 15 is 0 Å². The zero-order chi connectivity index (χ0) is 13.8. The van der Waals surface area contributed by atoms with Gasteiger partial charge in [0.25, 0.3) is 0 Å². The second kappa shape index (κ2) is 6.41. The number of benzene rings is 2. The van der Waals surface area contributed by atoms with Crippen LogP contribution >= 0.6 is 15.9 Å². The Morgan fingerprint density at radius 1 is 1.11 bits per heavy atom. The van der Waals surface area contributed by atoms with E-state index in [0.29, 0.717) is 16.0 Å². The normalized spacial score (nSPS) is 12.4. The van der Waals surface area contributed by atoms with Gasteiger partial charge in [0, 0.05) is 22.1 Å². The van der Waals surface area contributed by atoms with Gasteiger partial charge < -0.3 is 5.73 Å². The average Bonchev–Trinajstić information content (AvgIpc) is 2.41. The van der Waals surface area contributed by atoms with Crippen molar-refractivity contribution in [1.82, 2.24) is 0 Å². The van der Waals surface area contributed by atoms with Gasteiger partial charge in [-0.15, -0.1) is 0 Å². The molecule has 1 atom stereocenters. The highest BCUT2D eigenvalue weighted by Crippen LogP contribution is 2.23. The lowest BCUT2D eigenvalue weighted by molar-refractivity contribution is 0.598. The van der Waals surface area contributed by atoms with Gasteiger partial charge in [0.15, 0.2) is 0 Å². The number of nitrogens with two attached hydrogens (primary N) is 1. The monoisotopic (exact) mass is 341 g/mol. The van der Waals surface area contributed by atoms with Crippen molar-refractivity contribution in [2.45, 2.75) is 17.2 Å². The second-order valence-corrected chi connectivity index (χ2v) is 6.29. The summed E-state index contributed by atoms with van der Waals surface area (Å²) in [5.74, 6) is -0.215. The molecule has 0 bridgehead atoms. The first-order valence-electron chi connectivity index (χ1n) is 5.72. The predicted octanol–water partition coefficient (Wildman–Crippen LogP) is 3.35. The summed E-state index contributed by atoms with van der Waals surface area (Å²) < 4.78 is 27.1. The number of rotatable bonds is 4. The molecule has 2 N–H and O–H groups in total. The van der Waals surface area contributed by atoms with Crippen LogP contribution in [0.2, 0.25) is 0 Å². The maximum Gasteiger partial charge on any atom is 0.131 e. The average molecular weight is 342 g/mol. The largest absolute Gasteiger partial charge is 0.326 e. The Kier molecular flexibility index (Phi) is 4.85. The summed E-state index contributed by atoms with van der Waals surface area (Å²) in [6.07, 6.45) is 0. The fourth-order valence-electron chi connectivity index (χ4n) is 1.75. The van der Waals surface area contributed by atoms with Gasteiger partial charge >= 0.3 is 0 Å². The van der Waals surface area contributed by atoms with Crippen LogP contribution in [-0.4, -0.2) is 4.21 Å². The van der Waals surface area contributed by atoms with Gasteiger partial charge in [0.1, 0.15) is 5.82 Å². The predicted molar refractivity (Wildman–Crippen MR) is 78.5 cm³/mol. The molecule has 2 rings (SSSR count). The van der Waals surface area contributed by atoms with Crippen molar-refractivity contribution in [3.05, 3.63) is 63.9 Å². The van der Waals surface area contributed by atoms with Crippen LogP contribution in [0.5, 0.6) is 0 Å². The summed E-state index contributed by atoms with van der Waals surface area (Å²) in [4.78, 5) is 0.667. The van der Waals surface area contributed by atoms with Gasteiger partial charge in [0.2, 0.25) is 0 Å². The summed E-state index contributed by atoms with van der Waals surface area (Å²) in [5.41, 5.74) is 6.34. The molecule has 0 spiro atoms. The van der Waals surface area contributed by atoms with Crippen LogP contribution in [0.25, 0.3) is 0 Å². The second-order valence-electron chi connectivity index (χ2n) is 4.01. The molecule has 0 aliphatic carbocycles. The summed E-state index contributed by atoms with van der Waals surface area (Å²) in [6.45, 7) is 0.140. The minimum absolute atomic E-state index is 0.140. The minimum atomic E-state index is -1.29. The summed E-state index contributed by atoms with van der Waals surface area (Å²) in [5, 5.41) is 0. The van der Waals surface area contributed by atoms with E-state index in [1.807, 2.05) is 18.2 Å². The molecule has 0 aliphatic rings. The lowest BCUT2D eigenvalue weighted by Gasteiger charge is -2.08. The third kappa shape index (κ3) is 3.29. The molecule has 0 saturated heterocycles. The lowest BCUT2D eigenvalue weighted by atomic mass is 10.1.